The average Bonchev–Trinajstić information content (AvgIpc) is 2.20. The molecule has 0 saturated carbocycles. The van der Waals surface area contributed by atoms with Crippen molar-refractivity contribution in [3.63, 3.8) is 0 Å². The Hall–Kier alpha value is 0.197. The van der Waals surface area contributed by atoms with E-state index in [2.05, 4.69) is 13.2 Å². The molecule has 0 bridgehead atoms. The maximum atomic E-state index is 5.50. The molecule has 5 heteroatoms. The largest absolute Gasteiger partial charge is 0.391 e. The Kier molecular flexibility index (Phi) is 7.70. The van der Waals surface area contributed by atoms with Crippen LogP contribution in [0.15, 0.2) is 24.6 Å². The second-order valence-electron chi connectivity index (χ2n) is 2.20. The third-order valence-corrected chi connectivity index (χ3v) is 4.14. The van der Waals surface area contributed by atoms with E-state index in [1.807, 2.05) is 0 Å². The number of rotatable bonds is 8. The molecule has 0 aromatic carbocycles. The van der Waals surface area contributed by atoms with Gasteiger partial charge in [-0.15, -0.1) is 36.4 Å². The molecule has 0 amide bonds. The van der Waals surface area contributed by atoms with Crippen molar-refractivity contribution in [2.45, 2.75) is 0 Å². The lowest BCUT2D eigenvalue weighted by Crippen LogP contribution is -2.39. The van der Waals surface area contributed by atoms with Gasteiger partial charge in [-0.3, -0.25) is 0 Å². The Morgan fingerprint density at radius 2 is 1.38 bits per heavy atom. The molecule has 0 atom stereocenters. The van der Waals surface area contributed by atoms with Crippen LogP contribution < -0.4 is 0 Å². The van der Waals surface area contributed by atoms with Gasteiger partial charge in [0.25, 0.3) is 0 Å². The van der Waals surface area contributed by atoms with Gasteiger partial charge < -0.3 is 8.85 Å². The highest BCUT2D eigenvalue weighted by Gasteiger charge is 2.29. The van der Waals surface area contributed by atoms with Gasteiger partial charge in [-0.25, -0.2) is 0 Å². The standard InChI is InChI=1S/C8H14Cl2O2Si/c1-3-13(4-2,11-7-5-9)12-8-6-10/h3-4H,1-2,5-8H2. The molecule has 0 rings (SSSR count). The van der Waals surface area contributed by atoms with E-state index < -0.39 is 8.56 Å². The molecular formula is C8H14Cl2O2Si. The highest BCUT2D eigenvalue weighted by molar-refractivity contribution is 6.77. The van der Waals surface area contributed by atoms with Crippen LogP contribution in [0.1, 0.15) is 0 Å². The summed E-state index contributed by atoms with van der Waals surface area (Å²) in [4.78, 5) is 0. The smallest absolute Gasteiger partial charge is 0.387 e. The van der Waals surface area contributed by atoms with Crippen molar-refractivity contribution >= 4 is 31.8 Å². The topological polar surface area (TPSA) is 18.5 Å². The summed E-state index contributed by atoms with van der Waals surface area (Å²) in [5, 5.41) is 0. The normalized spacial score (nSPS) is 11.2. The van der Waals surface area contributed by atoms with Crippen LogP contribution in [-0.4, -0.2) is 33.5 Å². The minimum atomic E-state index is -2.43. The third kappa shape index (κ3) is 4.83. The summed E-state index contributed by atoms with van der Waals surface area (Å²) in [5.41, 5.74) is 3.33. The Morgan fingerprint density at radius 1 is 1.00 bits per heavy atom. The van der Waals surface area contributed by atoms with Crippen LogP contribution in [-0.2, 0) is 8.85 Å². The van der Waals surface area contributed by atoms with Crippen molar-refractivity contribution in [1.82, 2.24) is 0 Å². The minimum absolute atomic E-state index is 0.431. The summed E-state index contributed by atoms with van der Waals surface area (Å²) in [6.45, 7) is 8.21. The van der Waals surface area contributed by atoms with Crippen LogP contribution in [0.3, 0.4) is 0 Å². The van der Waals surface area contributed by atoms with E-state index in [0.717, 1.165) is 0 Å². The third-order valence-electron chi connectivity index (χ3n) is 1.38. The van der Waals surface area contributed by atoms with E-state index in [-0.39, 0.29) is 0 Å². The number of halogens is 2. The van der Waals surface area contributed by atoms with E-state index in [4.69, 9.17) is 32.1 Å². The van der Waals surface area contributed by atoms with Gasteiger partial charge in [-0.1, -0.05) is 0 Å². The first-order valence-electron chi connectivity index (χ1n) is 3.91. The van der Waals surface area contributed by atoms with Crippen molar-refractivity contribution < 1.29 is 8.85 Å². The first-order valence-corrected chi connectivity index (χ1v) is 6.95. The maximum absolute atomic E-state index is 5.50. The Labute approximate surface area is 90.4 Å². The predicted octanol–water partition coefficient (Wildman–Crippen LogP) is 2.39. The summed E-state index contributed by atoms with van der Waals surface area (Å²) in [6.07, 6.45) is 0. The zero-order valence-corrected chi connectivity index (χ0v) is 9.98. The zero-order chi connectivity index (χ0) is 10.2. The number of alkyl halides is 2. The average molecular weight is 241 g/mol. The minimum Gasteiger partial charge on any atom is -0.387 e. The van der Waals surface area contributed by atoms with E-state index in [1.165, 1.54) is 0 Å². The lowest BCUT2D eigenvalue weighted by molar-refractivity contribution is 0.208. The van der Waals surface area contributed by atoms with Gasteiger partial charge in [0.1, 0.15) is 0 Å². The lowest BCUT2D eigenvalue weighted by atomic mass is 10.9. The van der Waals surface area contributed by atoms with E-state index >= 15 is 0 Å². The summed E-state index contributed by atoms with van der Waals surface area (Å²) in [7, 11) is -2.43. The van der Waals surface area contributed by atoms with Crippen LogP contribution in [0, 0.1) is 0 Å². The molecule has 76 valence electrons. The van der Waals surface area contributed by atoms with Crippen LogP contribution in [0.2, 0.25) is 0 Å². The molecule has 0 N–H and O–H groups in total. The molecule has 0 aromatic rings. The number of hydrogen-bond donors (Lipinski definition) is 0. The van der Waals surface area contributed by atoms with Gasteiger partial charge >= 0.3 is 8.56 Å². The molecule has 0 aromatic heterocycles. The molecule has 0 heterocycles. The molecule has 0 saturated heterocycles. The molecule has 0 fully saturated rings. The summed E-state index contributed by atoms with van der Waals surface area (Å²) in [6, 6.07) is 0. The monoisotopic (exact) mass is 240 g/mol. The molecule has 0 spiro atoms. The fraction of sp³-hybridized carbons (Fsp3) is 0.500. The van der Waals surface area contributed by atoms with Crippen molar-refractivity contribution in [2.75, 3.05) is 25.0 Å². The van der Waals surface area contributed by atoms with Crippen molar-refractivity contribution in [1.29, 1.82) is 0 Å². The van der Waals surface area contributed by atoms with Crippen molar-refractivity contribution in [3.8, 4) is 0 Å². The maximum Gasteiger partial charge on any atom is 0.391 e. The quantitative estimate of drug-likeness (QED) is 0.480. The van der Waals surface area contributed by atoms with Crippen LogP contribution in [0.5, 0.6) is 0 Å². The first-order chi connectivity index (χ1) is 6.24. The molecule has 2 nitrogen and oxygen atoms in total. The van der Waals surface area contributed by atoms with Gasteiger partial charge in [0.2, 0.25) is 0 Å². The predicted molar refractivity (Wildman–Crippen MR) is 59.5 cm³/mol. The summed E-state index contributed by atoms with van der Waals surface area (Å²) in [5.74, 6) is 0.862. The molecule has 0 aliphatic carbocycles. The molecule has 0 aliphatic heterocycles. The van der Waals surface area contributed by atoms with Gasteiger partial charge in [0.05, 0.1) is 13.2 Å². The SMILES string of the molecule is C=C[Si](C=C)(OCCCl)OCCCl. The van der Waals surface area contributed by atoms with Crippen LogP contribution >= 0.6 is 23.2 Å². The number of hydrogen-bond acceptors (Lipinski definition) is 2. The van der Waals surface area contributed by atoms with Crippen LogP contribution in [0.4, 0.5) is 0 Å². The highest BCUT2D eigenvalue weighted by atomic mass is 35.5. The molecule has 0 aliphatic rings. The van der Waals surface area contributed by atoms with Gasteiger partial charge in [-0.2, -0.15) is 0 Å². The van der Waals surface area contributed by atoms with Crippen molar-refractivity contribution in [3.05, 3.63) is 24.6 Å². The van der Waals surface area contributed by atoms with Crippen LogP contribution in [0.25, 0.3) is 0 Å². The van der Waals surface area contributed by atoms with Gasteiger partial charge in [0, 0.05) is 11.8 Å². The molecule has 13 heavy (non-hydrogen) atoms. The summed E-state index contributed by atoms with van der Waals surface area (Å²) >= 11 is 11.0. The Bertz CT molecular complexity index is 146. The first kappa shape index (κ1) is 13.2. The highest BCUT2D eigenvalue weighted by Crippen LogP contribution is 2.10. The van der Waals surface area contributed by atoms with E-state index in [0.29, 0.717) is 25.0 Å². The lowest BCUT2D eigenvalue weighted by Gasteiger charge is -2.23. The van der Waals surface area contributed by atoms with Crippen molar-refractivity contribution in [2.24, 2.45) is 0 Å². The van der Waals surface area contributed by atoms with E-state index in [1.54, 1.807) is 11.4 Å². The fourth-order valence-electron chi connectivity index (χ4n) is 0.757. The second-order valence-corrected chi connectivity index (χ2v) is 5.80. The zero-order valence-electron chi connectivity index (χ0n) is 7.47. The molecule has 0 unspecified atom stereocenters. The second kappa shape index (κ2) is 7.59. The summed E-state index contributed by atoms with van der Waals surface area (Å²) < 4.78 is 10.9. The Balaban J connectivity index is 4.13. The van der Waals surface area contributed by atoms with E-state index in [9.17, 15) is 0 Å². The van der Waals surface area contributed by atoms with Gasteiger partial charge in [-0.05, 0) is 11.4 Å². The molecule has 0 radical (unpaired) electrons. The fourth-order valence-corrected chi connectivity index (χ4v) is 2.73. The molecular weight excluding hydrogens is 227 g/mol. The Morgan fingerprint density at radius 3 is 1.62 bits per heavy atom. The van der Waals surface area contributed by atoms with Gasteiger partial charge in [0.15, 0.2) is 0 Å².